The molecular weight excluding hydrogens is 228 g/mol. The third-order valence-electron chi connectivity index (χ3n) is 3.63. The quantitative estimate of drug-likeness (QED) is 0.880. The summed E-state index contributed by atoms with van der Waals surface area (Å²) in [7, 11) is 1.64. The molecule has 1 aliphatic rings. The van der Waals surface area contributed by atoms with Crippen molar-refractivity contribution >= 4 is 5.82 Å². The van der Waals surface area contributed by atoms with Crippen molar-refractivity contribution in [3.8, 4) is 5.88 Å². The number of hydrogen-bond acceptors (Lipinski definition) is 5. The third kappa shape index (κ3) is 2.41. The van der Waals surface area contributed by atoms with Crippen LogP contribution < -0.4 is 15.4 Å². The van der Waals surface area contributed by atoms with E-state index < -0.39 is 0 Å². The Balaban J connectivity index is 2.33. The van der Waals surface area contributed by atoms with Crippen LogP contribution in [0.3, 0.4) is 0 Å². The standard InChI is InChI=1S/C13H22N4O/c1-9-12(15-8-16-13(9)18-3)17-7-5-4-6-11(17)10(2)14/h8,10-11H,4-7,14H2,1-3H3. The molecule has 0 radical (unpaired) electrons. The van der Waals surface area contributed by atoms with Gasteiger partial charge in [-0.3, -0.25) is 0 Å². The summed E-state index contributed by atoms with van der Waals surface area (Å²) in [6.45, 7) is 5.07. The van der Waals surface area contributed by atoms with E-state index in [1.807, 2.05) is 6.92 Å². The first-order valence-electron chi connectivity index (χ1n) is 6.53. The number of nitrogens with zero attached hydrogens (tertiary/aromatic N) is 3. The number of methoxy groups -OCH3 is 1. The average molecular weight is 250 g/mol. The Hall–Kier alpha value is -1.36. The van der Waals surface area contributed by atoms with Gasteiger partial charge in [0.05, 0.1) is 12.7 Å². The number of rotatable bonds is 3. The second-order valence-corrected chi connectivity index (χ2v) is 4.95. The fraction of sp³-hybridized carbons (Fsp3) is 0.692. The van der Waals surface area contributed by atoms with Crippen molar-refractivity contribution in [3.63, 3.8) is 0 Å². The minimum absolute atomic E-state index is 0.144. The molecule has 2 N–H and O–H groups in total. The zero-order chi connectivity index (χ0) is 13.1. The summed E-state index contributed by atoms with van der Waals surface area (Å²) in [5.74, 6) is 1.61. The molecule has 2 rings (SSSR count). The lowest BCUT2D eigenvalue weighted by atomic mass is 9.96. The number of anilines is 1. The molecular formula is C13H22N4O. The van der Waals surface area contributed by atoms with Crippen LogP contribution in [0.1, 0.15) is 31.7 Å². The van der Waals surface area contributed by atoms with Crippen LogP contribution in [0.4, 0.5) is 5.82 Å². The largest absolute Gasteiger partial charge is 0.481 e. The number of hydrogen-bond donors (Lipinski definition) is 1. The van der Waals surface area contributed by atoms with E-state index in [1.54, 1.807) is 13.4 Å². The first kappa shape index (κ1) is 13.1. The van der Waals surface area contributed by atoms with Gasteiger partial charge in [0.25, 0.3) is 0 Å². The minimum Gasteiger partial charge on any atom is -0.481 e. The lowest BCUT2D eigenvalue weighted by molar-refractivity contribution is 0.387. The first-order chi connectivity index (χ1) is 8.65. The summed E-state index contributed by atoms with van der Waals surface area (Å²) in [6, 6.07) is 0.503. The van der Waals surface area contributed by atoms with E-state index in [9.17, 15) is 0 Å². The molecule has 2 heterocycles. The first-order valence-corrected chi connectivity index (χ1v) is 6.53. The van der Waals surface area contributed by atoms with Crippen molar-refractivity contribution in [1.29, 1.82) is 0 Å². The predicted octanol–water partition coefficient (Wildman–Crippen LogP) is 1.50. The van der Waals surface area contributed by atoms with Gasteiger partial charge < -0.3 is 15.4 Å². The molecule has 0 bridgehead atoms. The van der Waals surface area contributed by atoms with Crippen LogP contribution in [-0.2, 0) is 0 Å². The van der Waals surface area contributed by atoms with Crippen LogP contribution >= 0.6 is 0 Å². The van der Waals surface area contributed by atoms with Gasteiger partial charge in [0.2, 0.25) is 5.88 Å². The Labute approximate surface area is 108 Å². The Morgan fingerprint density at radius 3 is 2.89 bits per heavy atom. The van der Waals surface area contributed by atoms with E-state index >= 15 is 0 Å². The summed E-state index contributed by atoms with van der Waals surface area (Å²) in [4.78, 5) is 10.9. The molecule has 0 saturated carbocycles. The number of aromatic nitrogens is 2. The molecule has 5 nitrogen and oxygen atoms in total. The van der Waals surface area contributed by atoms with Crippen LogP contribution in [0, 0.1) is 6.92 Å². The normalized spacial score (nSPS) is 21.8. The highest BCUT2D eigenvalue weighted by molar-refractivity contribution is 5.51. The minimum atomic E-state index is 0.144. The Morgan fingerprint density at radius 1 is 1.44 bits per heavy atom. The monoisotopic (exact) mass is 250 g/mol. The van der Waals surface area contributed by atoms with Crippen LogP contribution in [-0.4, -0.2) is 35.7 Å². The molecule has 0 aliphatic carbocycles. The molecule has 1 aromatic rings. The smallest absolute Gasteiger partial charge is 0.221 e. The molecule has 0 amide bonds. The van der Waals surface area contributed by atoms with Gasteiger partial charge in [-0.2, -0.15) is 0 Å². The van der Waals surface area contributed by atoms with Gasteiger partial charge in [-0.25, -0.2) is 9.97 Å². The van der Waals surface area contributed by atoms with E-state index in [-0.39, 0.29) is 6.04 Å². The van der Waals surface area contributed by atoms with Gasteiger partial charge in [-0.05, 0) is 33.1 Å². The maximum Gasteiger partial charge on any atom is 0.221 e. The van der Waals surface area contributed by atoms with E-state index in [4.69, 9.17) is 10.5 Å². The van der Waals surface area contributed by atoms with Gasteiger partial charge in [0.1, 0.15) is 12.1 Å². The van der Waals surface area contributed by atoms with Crippen LogP contribution in [0.5, 0.6) is 5.88 Å². The highest BCUT2D eigenvalue weighted by Gasteiger charge is 2.28. The van der Waals surface area contributed by atoms with E-state index in [1.165, 1.54) is 12.8 Å². The van der Waals surface area contributed by atoms with Crippen molar-refractivity contribution in [2.75, 3.05) is 18.6 Å². The number of nitrogens with two attached hydrogens (primary N) is 1. The maximum absolute atomic E-state index is 6.10. The third-order valence-corrected chi connectivity index (χ3v) is 3.63. The van der Waals surface area contributed by atoms with Crippen LogP contribution in [0.25, 0.3) is 0 Å². The molecule has 1 fully saturated rings. The van der Waals surface area contributed by atoms with E-state index in [0.29, 0.717) is 11.9 Å². The Kier molecular flexibility index (Phi) is 4.01. The van der Waals surface area contributed by atoms with Crippen molar-refractivity contribution < 1.29 is 4.74 Å². The molecule has 100 valence electrons. The van der Waals surface area contributed by atoms with Crippen LogP contribution in [0.15, 0.2) is 6.33 Å². The van der Waals surface area contributed by atoms with Gasteiger partial charge in [0.15, 0.2) is 0 Å². The summed E-state index contributed by atoms with van der Waals surface area (Å²) in [5, 5.41) is 0. The highest BCUT2D eigenvalue weighted by Crippen LogP contribution is 2.29. The molecule has 1 aliphatic heterocycles. The van der Waals surface area contributed by atoms with Crippen LogP contribution in [0.2, 0.25) is 0 Å². The van der Waals surface area contributed by atoms with Crippen molar-refractivity contribution in [2.45, 2.75) is 45.2 Å². The lowest BCUT2D eigenvalue weighted by Gasteiger charge is -2.39. The summed E-state index contributed by atoms with van der Waals surface area (Å²) >= 11 is 0. The molecule has 1 saturated heterocycles. The molecule has 0 spiro atoms. The summed E-state index contributed by atoms with van der Waals surface area (Å²) in [5.41, 5.74) is 7.09. The van der Waals surface area contributed by atoms with Gasteiger partial charge in [-0.1, -0.05) is 0 Å². The van der Waals surface area contributed by atoms with Gasteiger partial charge in [-0.15, -0.1) is 0 Å². The molecule has 1 aromatic heterocycles. The number of piperidine rings is 1. The predicted molar refractivity (Wildman–Crippen MR) is 72.0 cm³/mol. The fourth-order valence-electron chi connectivity index (χ4n) is 2.69. The molecule has 0 aromatic carbocycles. The zero-order valence-corrected chi connectivity index (χ0v) is 11.4. The molecule has 18 heavy (non-hydrogen) atoms. The van der Waals surface area contributed by atoms with Crippen molar-refractivity contribution in [2.24, 2.45) is 5.73 Å². The molecule has 5 heteroatoms. The van der Waals surface area contributed by atoms with Gasteiger partial charge >= 0.3 is 0 Å². The van der Waals surface area contributed by atoms with E-state index in [2.05, 4.69) is 21.8 Å². The second-order valence-electron chi connectivity index (χ2n) is 4.95. The van der Waals surface area contributed by atoms with E-state index in [0.717, 1.165) is 24.3 Å². The highest BCUT2D eigenvalue weighted by atomic mass is 16.5. The van der Waals surface area contributed by atoms with Gasteiger partial charge in [0, 0.05) is 18.6 Å². The molecule has 2 unspecified atom stereocenters. The molecule has 2 atom stereocenters. The lowest BCUT2D eigenvalue weighted by Crippen LogP contribution is -2.49. The number of ether oxygens (including phenoxy) is 1. The Bertz CT molecular complexity index is 408. The summed E-state index contributed by atoms with van der Waals surface area (Å²) in [6.07, 6.45) is 5.12. The SMILES string of the molecule is COc1ncnc(N2CCCCC2C(C)N)c1C. The van der Waals surface area contributed by atoms with Crippen molar-refractivity contribution in [3.05, 3.63) is 11.9 Å². The zero-order valence-electron chi connectivity index (χ0n) is 11.4. The Morgan fingerprint density at radius 2 is 2.22 bits per heavy atom. The topological polar surface area (TPSA) is 64.3 Å². The second kappa shape index (κ2) is 5.52. The average Bonchev–Trinajstić information content (AvgIpc) is 2.39. The summed E-state index contributed by atoms with van der Waals surface area (Å²) < 4.78 is 5.26. The maximum atomic E-state index is 6.10. The van der Waals surface area contributed by atoms with Crippen molar-refractivity contribution in [1.82, 2.24) is 9.97 Å². The fourth-order valence-corrected chi connectivity index (χ4v) is 2.69.